The average Bonchev–Trinajstić information content (AvgIpc) is 3.35. The number of anilines is 1. The minimum absolute atomic E-state index is 0.0116. The van der Waals surface area contributed by atoms with Crippen molar-refractivity contribution < 1.29 is 4.79 Å². The molecule has 2 fully saturated rings. The number of hydrogen-bond donors (Lipinski definition) is 0. The summed E-state index contributed by atoms with van der Waals surface area (Å²) < 4.78 is 2.20. The number of carbonyl (C=O) groups is 1. The molecule has 6 nitrogen and oxygen atoms in total. The molecule has 1 spiro atoms. The van der Waals surface area contributed by atoms with Crippen LogP contribution in [0, 0.1) is 5.92 Å². The molecule has 0 bridgehead atoms. The summed E-state index contributed by atoms with van der Waals surface area (Å²) in [5, 5.41) is 5.11. The molecule has 0 saturated heterocycles. The fourth-order valence-corrected chi connectivity index (χ4v) is 6.79. The van der Waals surface area contributed by atoms with Gasteiger partial charge in [-0.15, -0.1) is 5.10 Å². The second kappa shape index (κ2) is 8.97. The van der Waals surface area contributed by atoms with Gasteiger partial charge >= 0.3 is 0 Å². The fourth-order valence-electron chi connectivity index (χ4n) is 6.79. The fraction of sp³-hybridized carbons (Fsp3) is 0.500. The molecule has 6 heteroatoms. The Hall–Kier alpha value is -3.02. The van der Waals surface area contributed by atoms with Gasteiger partial charge in [0, 0.05) is 36.3 Å². The van der Waals surface area contributed by atoms with Gasteiger partial charge in [-0.3, -0.25) is 14.7 Å². The third-order valence-corrected chi connectivity index (χ3v) is 8.36. The molecule has 3 aromatic rings. The van der Waals surface area contributed by atoms with Gasteiger partial charge in [-0.1, -0.05) is 62.4 Å². The van der Waals surface area contributed by atoms with Crippen molar-refractivity contribution in [2.75, 3.05) is 4.90 Å². The van der Waals surface area contributed by atoms with Crippen LogP contribution < -0.4 is 4.90 Å². The summed E-state index contributed by atoms with van der Waals surface area (Å²) in [6.45, 7) is 0. The van der Waals surface area contributed by atoms with Gasteiger partial charge in [0.05, 0.1) is 5.54 Å². The van der Waals surface area contributed by atoms with E-state index in [0.717, 1.165) is 37.2 Å². The highest BCUT2D eigenvalue weighted by Crippen LogP contribution is 2.53. The van der Waals surface area contributed by atoms with Crippen LogP contribution >= 0.6 is 0 Å². The topological polar surface area (TPSA) is 63.9 Å². The third kappa shape index (κ3) is 3.64. The predicted octanol–water partition coefficient (Wildman–Crippen LogP) is 5.54. The lowest BCUT2D eigenvalue weighted by Gasteiger charge is -2.55. The lowest BCUT2D eigenvalue weighted by atomic mass is 9.64. The van der Waals surface area contributed by atoms with Gasteiger partial charge in [-0.05, 0) is 49.8 Å². The highest BCUT2D eigenvalue weighted by molar-refractivity contribution is 5.93. The second-order valence-corrected chi connectivity index (χ2v) is 10.3. The van der Waals surface area contributed by atoms with Crippen molar-refractivity contribution in [3.63, 3.8) is 0 Å². The molecule has 1 aliphatic heterocycles. The summed E-state index contributed by atoms with van der Waals surface area (Å²) >= 11 is 0. The summed E-state index contributed by atoms with van der Waals surface area (Å²) in [5.74, 6) is 2.09. The van der Waals surface area contributed by atoms with Gasteiger partial charge < -0.3 is 0 Å². The van der Waals surface area contributed by atoms with Crippen molar-refractivity contribution in [1.82, 2.24) is 19.7 Å². The first-order chi connectivity index (χ1) is 16.8. The van der Waals surface area contributed by atoms with Crippen LogP contribution in [0.25, 0.3) is 11.4 Å². The number of nitrogens with zero attached hydrogens (tertiary/aromatic N) is 5. The van der Waals surface area contributed by atoms with E-state index in [0.29, 0.717) is 18.2 Å². The molecular weight excluding hydrogens is 422 g/mol. The van der Waals surface area contributed by atoms with Crippen LogP contribution in [-0.4, -0.2) is 31.7 Å². The number of amides is 1. The molecule has 0 radical (unpaired) electrons. The molecule has 1 aromatic carbocycles. The molecule has 2 aliphatic carbocycles. The van der Waals surface area contributed by atoms with Gasteiger partial charge in [0.15, 0.2) is 5.82 Å². The Balaban J connectivity index is 1.43. The molecule has 3 heterocycles. The van der Waals surface area contributed by atoms with E-state index < -0.39 is 0 Å². The summed E-state index contributed by atoms with van der Waals surface area (Å²) in [7, 11) is 0. The van der Waals surface area contributed by atoms with Gasteiger partial charge in [-0.25, -0.2) is 4.68 Å². The lowest BCUT2D eigenvalue weighted by molar-refractivity contribution is -0.120. The van der Waals surface area contributed by atoms with Gasteiger partial charge in [0.2, 0.25) is 11.9 Å². The van der Waals surface area contributed by atoms with Gasteiger partial charge in [0.1, 0.15) is 0 Å². The number of rotatable bonds is 4. The first-order valence-electron chi connectivity index (χ1n) is 13.0. The van der Waals surface area contributed by atoms with Crippen molar-refractivity contribution in [2.24, 2.45) is 5.92 Å². The smallest absolute Gasteiger partial charge is 0.231 e. The molecule has 0 N–H and O–H groups in total. The molecule has 1 amide bonds. The SMILES string of the molecule is O=C(CCc1ccccc1)N1c2nc(-c3cccnc3)nn2C2(CCCCC2)C2CCCCC21. The molecule has 2 unspecified atom stereocenters. The van der Waals surface area contributed by atoms with E-state index in [2.05, 4.69) is 26.7 Å². The maximum Gasteiger partial charge on any atom is 0.231 e. The average molecular weight is 456 g/mol. The van der Waals surface area contributed by atoms with Crippen molar-refractivity contribution in [1.29, 1.82) is 0 Å². The Morgan fingerprint density at radius 1 is 0.971 bits per heavy atom. The quantitative estimate of drug-likeness (QED) is 0.518. The van der Waals surface area contributed by atoms with Crippen LogP contribution in [0.15, 0.2) is 54.9 Å². The largest absolute Gasteiger partial charge is 0.277 e. The second-order valence-electron chi connectivity index (χ2n) is 10.3. The Bertz CT molecular complexity index is 1140. The molecule has 176 valence electrons. The van der Waals surface area contributed by atoms with Crippen LogP contribution in [0.5, 0.6) is 0 Å². The van der Waals surface area contributed by atoms with Crippen LogP contribution in [0.1, 0.15) is 69.8 Å². The molecule has 2 aromatic heterocycles. The van der Waals surface area contributed by atoms with E-state index in [-0.39, 0.29) is 17.5 Å². The minimum Gasteiger partial charge on any atom is -0.277 e. The van der Waals surface area contributed by atoms with E-state index in [4.69, 9.17) is 10.1 Å². The Morgan fingerprint density at radius 2 is 1.79 bits per heavy atom. The lowest BCUT2D eigenvalue weighted by Crippen LogP contribution is -2.61. The number of hydrogen-bond acceptors (Lipinski definition) is 4. The zero-order valence-electron chi connectivity index (χ0n) is 19.8. The number of aromatic nitrogens is 4. The summed E-state index contributed by atoms with van der Waals surface area (Å²) in [4.78, 5) is 25.2. The van der Waals surface area contributed by atoms with E-state index >= 15 is 0 Å². The number of fused-ring (bicyclic) bond motifs is 4. The van der Waals surface area contributed by atoms with E-state index in [9.17, 15) is 4.79 Å². The first kappa shape index (κ1) is 21.5. The first-order valence-corrected chi connectivity index (χ1v) is 13.0. The molecule has 34 heavy (non-hydrogen) atoms. The van der Waals surface area contributed by atoms with Crippen molar-refractivity contribution in [3.05, 3.63) is 60.4 Å². The number of aryl methyl sites for hydroxylation is 1. The maximum absolute atomic E-state index is 13.8. The van der Waals surface area contributed by atoms with E-state index in [1.807, 2.05) is 36.5 Å². The Morgan fingerprint density at radius 3 is 2.59 bits per heavy atom. The maximum atomic E-state index is 13.8. The van der Waals surface area contributed by atoms with Crippen LogP contribution in [0.4, 0.5) is 5.95 Å². The predicted molar refractivity (Wildman–Crippen MR) is 132 cm³/mol. The van der Waals surface area contributed by atoms with E-state index in [1.165, 1.54) is 44.1 Å². The summed E-state index contributed by atoms with van der Waals surface area (Å²) in [6, 6.07) is 14.5. The van der Waals surface area contributed by atoms with E-state index in [1.54, 1.807) is 6.20 Å². The van der Waals surface area contributed by atoms with Crippen LogP contribution in [0.2, 0.25) is 0 Å². The number of carbonyl (C=O) groups excluding carboxylic acids is 1. The van der Waals surface area contributed by atoms with Crippen LogP contribution in [-0.2, 0) is 16.8 Å². The standard InChI is InChI=1S/C28H33N5O/c34-25(16-15-21-10-3-1-4-11-21)32-24-14-6-5-13-23(24)28(17-7-2-8-18-28)33-27(32)30-26(31-33)22-12-9-19-29-20-22/h1,3-4,9-12,19-20,23-24H,2,5-8,13-18H2. The minimum atomic E-state index is -0.0116. The third-order valence-electron chi connectivity index (χ3n) is 8.36. The van der Waals surface area contributed by atoms with Crippen LogP contribution in [0.3, 0.4) is 0 Å². The Labute approximate surface area is 201 Å². The summed E-state index contributed by atoms with van der Waals surface area (Å²) in [6.07, 6.45) is 15.5. The van der Waals surface area contributed by atoms with Crippen molar-refractivity contribution in [2.45, 2.75) is 82.2 Å². The molecule has 2 saturated carbocycles. The van der Waals surface area contributed by atoms with Gasteiger partial charge in [-0.2, -0.15) is 4.98 Å². The normalized spacial score (nSPS) is 23.4. The number of benzene rings is 1. The van der Waals surface area contributed by atoms with Crippen molar-refractivity contribution in [3.8, 4) is 11.4 Å². The zero-order valence-corrected chi connectivity index (χ0v) is 19.8. The molecule has 6 rings (SSSR count). The molecule has 2 atom stereocenters. The van der Waals surface area contributed by atoms with Crippen molar-refractivity contribution >= 4 is 11.9 Å². The molecular formula is C28H33N5O. The zero-order chi connectivity index (χ0) is 23.0. The Kier molecular flexibility index (Phi) is 5.67. The monoisotopic (exact) mass is 455 g/mol. The highest BCUT2D eigenvalue weighted by atomic mass is 16.2. The molecule has 3 aliphatic rings. The van der Waals surface area contributed by atoms with Gasteiger partial charge in [0.25, 0.3) is 0 Å². The summed E-state index contributed by atoms with van der Waals surface area (Å²) in [5.41, 5.74) is 2.10. The highest BCUT2D eigenvalue weighted by Gasteiger charge is 2.55. The number of pyridine rings is 1.